The minimum atomic E-state index is -0.436. The lowest BCUT2D eigenvalue weighted by Crippen LogP contribution is -2.06. The molecule has 0 bridgehead atoms. The zero-order chi connectivity index (χ0) is 11.7. The molecule has 1 aromatic rings. The van der Waals surface area contributed by atoms with Crippen LogP contribution in [0.15, 0.2) is 24.3 Å². The van der Waals surface area contributed by atoms with Gasteiger partial charge in [0.15, 0.2) is 0 Å². The summed E-state index contributed by atoms with van der Waals surface area (Å²) in [5.74, 6) is 0.988. The second-order valence-electron chi connectivity index (χ2n) is 4.39. The Bertz CT molecular complexity index is 424. The van der Waals surface area contributed by atoms with Crippen LogP contribution in [0.2, 0.25) is 0 Å². The first-order valence-corrected chi connectivity index (χ1v) is 5.34. The van der Waals surface area contributed by atoms with Crippen LogP contribution in [0.3, 0.4) is 0 Å². The summed E-state index contributed by atoms with van der Waals surface area (Å²) in [5.41, 5.74) is 0.922. The highest BCUT2D eigenvalue weighted by atomic mass is 16.6. The quantitative estimate of drug-likeness (QED) is 0.577. The molecule has 16 heavy (non-hydrogen) atoms. The van der Waals surface area contributed by atoms with Gasteiger partial charge in [-0.05, 0) is 17.9 Å². The van der Waals surface area contributed by atoms with Gasteiger partial charge in [-0.25, -0.2) is 0 Å². The predicted molar refractivity (Wildman–Crippen MR) is 59.1 cm³/mol. The first-order chi connectivity index (χ1) is 7.58. The van der Waals surface area contributed by atoms with Crippen LogP contribution in [0.4, 0.5) is 5.69 Å². The Balaban J connectivity index is 2.00. The molecule has 1 fully saturated rings. The van der Waals surface area contributed by atoms with Crippen molar-refractivity contribution in [3.63, 3.8) is 0 Å². The fourth-order valence-corrected chi connectivity index (χ4v) is 1.84. The molecule has 2 rings (SSSR count). The van der Waals surface area contributed by atoms with E-state index in [-0.39, 0.29) is 17.4 Å². The average molecular weight is 219 g/mol. The van der Waals surface area contributed by atoms with Crippen molar-refractivity contribution in [1.82, 2.24) is 0 Å². The fraction of sp³-hybridized carbons (Fsp3) is 0.417. The third kappa shape index (κ3) is 2.27. The Morgan fingerprint density at radius 2 is 2.00 bits per heavy atom. The summed E-state index contributed by atoms with van der Waals surface area (Å²) < 4.78 is 0. The van der Waals surface area contributed by atoms with E-state index in [0.29, 0.717) is 12.3 Å². The van der Waals surface area contributed by atoms with Crippen molar-refractivity contribution in [3.8, 4) is 0 Å². The van der Waals surface area contributed by atoms with E-state index in [1.165, 1.54) is 12.1 Å². The molecule has 4 nitrogen and oxygen atoms in total. The van der Waals surface area contributed by atoms with E-state index >= 15 is 0 Å². The van der Waals surface area contributed by atoms with Gasteiger partial charge in [-0.3, -0.25) is 14.9 Å². The van der Waals surface area contributed by atoms with Crippen LogP contribution in [0.5, 0.6) is 0 Å². The first-order valence-electron chi connectivity index (χ1n) is 5.34. The van der Waals surface area contributed by atoms with Crippen LogP contribution in [-0.4, -0.2) is 10.7 Å². The molecule has 4 heteroatoms. The fourth-order valence-electron chi connectivity index (χ4n) is 1.84. The first kappa shape index (κ1) is 10.8. The monoisotopic (exact) mass is 219 g/mol. The second-order valence-corrected chi connectivity index (χ2v) is 4.39. The Labute approximate surface area is 93.4 Å². The minimum absolute atomic E-state index is 0.0657. The highest BCUT2D eigenvalue weighted by Gasteiger charge is 2.38. The third-order valence-corrected chi connectivity index (χ3v) is 3.05. The molecule has 0 spiro atoms. The van der Waals surface area contributed by atoms with Gasteiger partial charge in [-0.1, -0.05) is 19.1 Å². The van der Waals surface area contributed by atoms with Crippen LogP contribution in [0.25, 0.3) is 0 Å². The lowest BCUT2D eigenvalue weighted by Gasteiger charge is -1.99. The van der Waals surface area contributed by atoms with Gasteiger partial charge in [0.05, 0.1) is 4.92 Å². The number of carbonyl (C=O) groups is 1. The zero-order valence-corrected chi connectivity index (χ0v) is 9.05. The molecule has 2 atom stereocenters. The van der Waals surface area contributed by atoms with Crippen molar-refractivity contribution in [3.05, 3.63) is 39.9 Å². The smallest absolute Gasteiger partial charge is 0.269 e. The highest BCUT2D eigenvalue weighted by Crippen LogP contribution is 2.39. The lowest BCUT2D eigenvalue weighted by atomic mass is 10.1. The molecule has 1 aliphatic rings. The van der Waals surface area contributed by atoms with Crippen LogP contribution in [-0.2, 0) is 11.2 Å². The predicted octanol–water partition coefficient (Wildman–Crippen LogP) is 2.36. The molecule has 1 aromatic carbocycles. The van der Waals surface area contributed by atoms with Crippen molar-refractivity contribution in [2.24, 2.45) is 11.8 Å². The summed E-state index contributed by atoms with van der Waals surface area (Å²) in [5, 5.41) is 10.4. The van der Waals surface area contributed by atoms with Gasteiger partial charge in [0.2, 0.25) is 0 Å². The SMILES string of the molecule is CC1CC1C(=O)Cc1ccc([N+](=O)[O-])cc1. The number of hydrogen-bond acceptors (Lipinski definition) is 3. The molecule has 0 heterocycles. The number of benzene rings is 1. The van der Waals surface area contributed by atoms with Crippen molar-refractivity contribution >= 4 is 11.5 Å². The maximum atomic E-state index is 11.7. The van der Waals surface area contributed by atoms with Gasteiger partial charge in [0.25, 0.3) is 5.69 Å². The third-order valence-electron chi connectivity index (χ3n) is 3.05. The Morgan fingerprint density at radius 1 is 1.44 bits per heavy atom. The lowest BCUT2D eigenvalue weighted by molar-refractivity contribution is -0.384. The minimum Gasteiger partial charge on any atom is -0.299 e. The second kappa shape index (κ2) is 4.04. The van der Waals surface area contributed by atoms with Gasteiger partial charge < -0.3 is 0 Å². The number of rotatable bonds is 4. The molecule has 1 aliphatic carbocycles. The van der Waals surface area contributed by atoms with Crippen LogP contribution in [0.1, 0.15) is 18.9 Å². The normalized spacial score (nSPS) is 22.8. The van der Waals surface area contributed by atoms with Gasteiger partial charge in [0.1, 0.15) is 5.78 Å². The molecule has 0 radical (unpaired) electrons. The summed E-state index contributed by atoms with van der Waals surface area (Å²) in [4.78, 5) is 21.7. The van der Waals surface area contributed by atoms with Gasteiger partial charge in [-0.15, -0.1) is 0 Å². The van der Waals surface area contributed by atoms with Gasteiger partial charge in [0, 0.05) is 24.5 Å². The Morgan fingerprint density at radius 3 is 2.44 bits per heavy atom. The van der Waals surface area contributed by atoms with E-state index in [1.54, 1.807) is 12.1 Å². The summed E-state index contributed by atoms with van der Waals surface area (Å²) in [7, 11) is 0. The van der Waals surface area contributed by atoms with Crippen molar-refractivity contribution in [2.45, 2.75) is 19.8 Å². The van der Waals surface area contributed by atoms with Gasteiger partial charge >= 0.3 is 0 Å². The summed E-state index contributed by atoms with van der Waals surface area (Å²) in [6.07, 6.45) is 1.39. The number of ketones is 1. The van der Waals surface area contributed by atoms with E-state index in [4.69, 9.17) is 0 Å². The highest BCUT2D eigenvalue weighted by molar-refractivity contribution is 5.85. The van der Waals surface area contributed by atoms with E-state index in [0.717, 1.165) is 12.0 Å². The summed E-state index contributed by atoms with van der Waals surface area (Å²) >= 11 is 0. The summed E-state index contributed by atoms with van der Waals surface area (Å²) in [6, 6.07) is 6.20. The average Bonchev–Trinajstić information content (AvgIpc) is 2.96. The van der Waals surface area contributed by atoms with Crippen LogP contribution in [0, 0.1) is 22.0 Å². The largest absolute Gasteiger partial charge is 0.299 e. The maximum Gasteiger partial charge on any atom is 0.269 e. The molecule has 0 N–H and O–H groups in total. The van der Waals surface area contributed by atoms with E-state index < -0.39 is 4.92 Å². The molecular weight excluding hydrogens is 206 g/mol. The molecule has 84 valence electrons. The number of non-ortho nitro benzene ring substituents is 1. The molecular formula is C12H13NO3. The number of nitro benzene ring substituents is 1. The number of hydrogen-bond donors (Lipinski definition) is 0. The zero-order valence-electron chi connectivity index (χ0n) is 9.05. The van der Waals surface area contributed by atoms with Crippen molar-refractivity contribution < 1.29 is 9.72 Å². The summed E-state index contributed by atoms with van der Waals surface area (Å²) in [6.45, 7) is 2.07. The van der Waals surface area contributed by atoms with Gasteiger partial charge in [-0.2, -0.15) is 0 Å². The number of nitrogens with zero attached hydrogens (tertiary/aromatic N) is 1. The standard InChI is InChI=1S/C12H13NO3/c1-8-6-11(8)12(14)7-9-2-4-10(5-3-9)13(15)16/h2-5,8,11H,6-7H2,1H3. The van der Waals surface area contributed by atoms with E-state index in [9.17, 15) is 14.9 Å². The molecule has 2 unspecified atom stereocenters. The van der Waals surface area contributed by atoms with Crippen molar-refractivity contribution in [2.75, 3.05) is 0 Å². The van der Waals surface area contributed by atoms with Crippen LogP contribution < -0.4 is 0 Å². The Kier molecular flexibility index (Phi) is 2.73. The number of carbonyl (C=O) groups excluding carboxylic acids is 1. The number of nitro groups is 1. The number of Topliss-reactive ketones (excluding diaryl/α,β-unsaturated/α-hetero) is 1. The van der Waals surface area contributed by atoms with Crippen molar-refractivity contribution in [1.29, 1.82) is 0 Å². The molecule has 0 amide bonds. The topological polar surface area (TPSA) is 60.2 Å². The molecule has 0 aromatic heterocycles. The molecule has 0 aliphatic heterocycles. The van der Waals surface area contributed by atoms with E-state index in [1.807, 2.05) is 0 Å². The van der Waals surface area contributed by atoms with Crippen LogP contribution >= 0.6 is 0 Å². The van der Waals surface area contributed by atoms with E-state index in [2.05, 4.69) is 6.92 Å². The Hall–Kier alpha value is -1.71. The maximum absolute atomic E-state index is 11.7. The molecule has 1 saturated carbocycles. The molecule has 0 saturated heterocycles.